The van der Waals surface area contributed by atoms with Crippen molar-refractivity contribution in [3.05, 3.63) is 0 Å². The highest BCUT2D eigenvalue weighted by molar-refractivity contribution is 5.12. The van der Waals surface area contributed by atoms with Crippen molar-refractivity contribution in [2.24, 2.45) is 22.2 Å². The van der Waals surface area contributed by atoms with Gasteiger partial charge in [-0.05, 0) is 41.4 Å². The van der Waals surface area contributed by atoms with Crippen LogP contribution in [0.15, 0.2) is 0 Å². The molecule has 2 fully saturated rings. The Morgan fingerprint density at radius 1 is 1.07 bits per heavy atom. The second-order valence-electron chi connectivity index (χ2n) is 7.06. The zero-order valence-electron chi connectivity index (χ0n) is 10.9. The average molecular weight is 210 g/mol. The van der Waals surface area contributed by atoms with Crippen molar-refractivity contribution in [3.63, 3.8) is 0 Å². The molecule has 1 heteroatoms. The monoisotopic (exact) mass is 210 g/mol. The molecular weight excluding hydrogens is 184 g/mol. The lowest BCUT2D eigenvalue weighted by Gasteiger charge is -2.58. The fourth-order valence-corrected chi connectivity index (χ4v) is 4.76. The molecule has 1 N–H and O–H groups in total. The number of aliphatic hydroxyl groups is 1. The summed E-state index contributed by atoms with van der Waals surface area (Å²) in [6.45, 7) is 11.9. The van der Waals surface area contributed by atoms with Gasteiger partial charge in [-0.1, -0.05) is 41.0 Å². The van der Waals surface area contributed by atoms with Crippen LogP contribution in [0, 0.1) is 22.2 Å². The molecule has 0 aliphatic heterocycles. The predicted molar refractivity (Wildman–Crippen MR) is 63.6 cm³/mol. The van der Waals surface area contributed by atoms with Crippen molar-refractivity contribution < 1.29 is 5.11 Å². The highest BCUT2D eigenvalue weighted by atomic mass is 16.3. The molecule has 1 unspecified atom stereocenters. The maximum Gasteiger partial charge on any atom is 0.0576 e. The molecule has 2 aliphatic carbocycles. The fraction of sp³-hybridized carbons (Fsp3) is 1.00. The lowest BCUT2D eigenvalue weighted by atomic mass is 9.47. The SMILES string of the molecule is C[C@@H]1C(O)C[C@@]2(C)CCCC(C)(C)[C@@]12C. The van der Waals surface area contributed by atoms with Crippen LogP contribution in [0.5, 0.6) is 0 Å². The molecule has 0 aromatic heterocycles. The van der Waals surface area contributed by atoms with Crippen LogP contribution < -0.4 is 0 Å². The first-order valence-corrected chi connectivity index (χ1v) is 6.43. The molecule has 15 heavy (non-hydrogen) atoms. The van der Waals surface area contributed by atoms with Gasteiger partial charge in [-0.2, -0.15) is 0 Å². The third-order valence-corrected chi connectivity index (χ3v) is 6.34. The standard InChI is InChI=1S/C14H26O/c1-10-11(15)9-13(4)8-6-7-12(2,3)14(10,13)5/h10-11,15H,6-9H2,1-5H3/t10-,11?,13-,14-/m1/s1. The molecule has 0 heterocycles. The summed E-state index contributed by atoms with van der Waals surface area (Å²) in [6.07, 6.45) is 4.87. The Labute approximate surface area is 94.3 Å². The molecule has 0 aromatic carbocycles. The minimum absolute atomic E-state index is 0.0858. The van der Waals surface area contributed by atoms with Crippen LogP contribution in [0.25, 0.3) is 0 Å². The van der Waals surface area contributed by atoms with Gasteiger partial charge in [0.25, 0.3) is 0 Å². The summed E-state index contributed by atoms with van der Waals surface area (Å²) in [6, 6.07) is 0. The van der Waals surface area contributed by atoms with Crippen molar-refractivity contribution >= 4 is 0 Å². The van der Waals surface area contributed by atoms with E-state index in [0.717, 1.165) is 6.42 Å². The van der Waals surface area contributed by atoms with E-state index >= 15 is 0 Å². The van der Waals surface area contributed by atoms with E-state index in [0.29, 0.717) is 22.2 Å². The molecule has 0 amide bonds. The van der Waals surface area contributed by atoms with Crippen LogP contribution in [-0.2, 0) is 0 Å². The van der Waals surface area contributed by atoms with E-state index in [1.165, 1.54) is 19.3 Å². The van der Waals surface area contributed by atoms with Gasteiger partial charge in [-0.15, -0.1) is 0 Å². The molecule has 2 aliphatic rings. The van der Waals surface area contributed by atoms with Crippen LogP contribution in [0.1, 0.15) is 60.3 Å². The van der Waals surface area contributed by atoms with Crippen LogP contribution in [-0.4, -0.2) is 11.2 Å². The Morgan fingerprint density at radius 3 is 2.20 bits per heavy atom. The summed E-state index contributed by atoms with van der Waals surface area (Å²) in [7, 11) is 0. The quantitative estimate of drug-likeness (QED) is 0.647. The summed E-state index contributed by atoms with van der Waals surface area (Å²) in [5.74, 6) is 0.442. The van der Waals surface area contributed by atoms with Crippen LogP contribution in [0.3, 0.4) is 0 Å². The zero-order valence-corrected chi connectivity index (χ0v) is 10.9. The van der Waals surface area contributed by atoms with E-state index in [1.54, 1.807) is 0 Å². The maximum atomic E-state index is 10.2. The van der Waals surface area contributed by atoms with Crippen molar-refractivity contribution in [1.82, 2.24) is 0 Å². The second kappa shape index (κ2) is 3.00. The minimum Gasteiger partial charge on any atom is -0.393 e. The number of hydrogen-bond acceptors (Lipinski definition) is 1. The zero-order chi connectivity index (χ0) is 11.5. The molecular formula is C14H26O. The third kappa shape index (κ3) is 1.19. The highest BCUT2D eigenvalue weighted by Crippen LogP contribution is 2.69. The Morgan fingerprint density at radius 2 is 1.67 bits per heavy atom. The Hall–Kier alpha value is -0.0400. The first-order chi connectivity index (χ1) is 6.75. The lowest BCUT2D eigenvalue weighted by molar-refractivity contribution is -0.0944. The summed E-state index contributed by atoms with van der Waals surface area (Å²) < 4.78 is 0. The van der Waals surface area contributed by atoms with Crippen molar-refractivity contribution in [3.8, 4) is 0 Å². The Kier molecular flexibility index (Phi) is 2.29. The van der Waals surface area contributed by atoms with E-state index < -0.39 is 0 Å². The van der Waals surface area contributed by atoms with Gasteiger partial charge in [-0.25, -0.2) is 0 Å². The summed E-state index contributed by atoms with van der Waals surface area (Å²) >= 11 is 0. The van der Waals surface area contributed by atoms with Crippen LogP contribution in [0.4, 0.5) is 0 Å². The summed E-state index contributed by atoms with van der Waals surface area (Å²) in [5.41, 5.74) is 1.03. The first-order valence-electron chi connectivity index (χ1n) is 6.43. The van der Waals surface area contributed by atoms with Gasteiger partial charge in [0.2, 0.25) is 0 Å². The van der Waals surface area contributed by atoms with E-state index in [2.05, 4.69) is 34.6 Å². The molecule has 0 aromatic rings. The van der Waals surface area contributed by atoms with Gasteiger partial charge in [0.1, 0.15) is 0 Å². The number of rotatable bonds is 0. The molecule has 0 saturated heterocycles. The average Bonchev–Trinajstić information content (AvgIpc) is 2.28. The van der Waals surface area contributed by atoms with Gasteiger partial charge < -0.3 is 5.11 Å². The maximum absolute atomic E-state index is 10.2. The normalized spacial score (nSPS) is 54.0. The van der Waals surface area contributed by atoms with Crippen LogP contribution >= 0.6 is 0 Å². The summed E-state index contributed by atoms with van der Waals surface area (Å²) in [5, 5.41) is 10.2. The Bertz CT molecular complexity index is 271. The lowest BCUT2D eigenvalue weighted by Crippen LogP contribution is -2.51. The van der Waals surface area contributed by atoms with E-state index in [-0.39, 0.29) is 6.10 Å². The van der Waals surface area contributed by atoms with Gasteiger partial charge in [0.05, 0.1) is 6.10 Å². The molecule has 88 valence electrons. The molecule has 0 radical (unpaired) electrons. The fourth-order valence-electron chi connectivity index (χ4n) is 4.76. The van der Waals surface area contributed by atoms with Crippen molar-refractivity contribution in [2.45, 2.75) is 66.4 Å². The topological polar surface area (TPSA) is 20.2 Å². The van der Waals surface area contributed by atoms with E-state index in [1.807, 2.05) is 0 Å². The smallest absolute Gasteiger partial charge is 0.0576 e. The van der Waals surface area contributed by atoms with Crippen molar-refractivity contribution in [1.29, 1.82) is 0 Å². The largest absolute Gasteiger partial charge is 0.393 e. The van der Waals surface area contributed by atoms with Gasteiger partial charge in [0.15, 0.2) is 0 Å². The minimum atomic E-state index is -0.0858. The van der Waals surface area contributed by atoms with Crippen LogP contribution in [0.2, 0.25) is 0 Å². The van der Waals surface area contributed by atoms with E-state index in [4.69, 9.17) is 0 Å². The molecule has 1 nitrogen and oxygen atoms in total. The first kappa shape index (κ1) is 11.4. The molecule has 0 spiro atoms. The van der Waals surface area contributed by atoms with E-state index in [9.17, 15) is 5.11 Å². The number of aliphatic hydroxyl groups excluding tert-OH is 1. The molecule has 2 saturated carbocycles. The third-order valence-electron chi connectivity index (χ3n) is 6.34. The highest BCUT2D eigenvalue weighted by Gasteiger charge is 2.63. The second-order valence-corrected chi connectivity index (χ2v) is 7.06. The Balaban J connectivity index is 2.48. The molecule has 4 atom stereocenters. The predicted octanol–water partition coefficient (Wildman–Crippen LogP) is 3.61. The molecule has 0 bridgehead atoms. The van der Waals surface area contributed by atoms with Gasteiger partial charge in [0, 0.05) is 0 Å². The number of fused-ring (bicyclic) bond motifs is 1. The van der Waals surface area contributed by atoms with Crippen molar-refractivity contribution in [2.75, 3.05) is 0 Å². The summed E-state index contributed by atoms with van der Waals surface area (Å²) in [4.78, 5) is 0. The van der Waals surface area contributed by atoms with Gasteiger partial charge >= 0.3 is 0 Å². The molecule has 2 rings (SSSR count). The number of hydrogen-bond donors (Lipinski definition) is 1. The van der Waals surface area contributed by atoms with Gasteiger partial charge in [-0.3, -0.25) is 0 Å².